The van der Waals surface area contributed by atoms with Gasteiger partial charge in [-0.25, -0.2) is 4.79 Å². The van der Waals surface area contributed by atoms with Crippen molar-refractivity contribution in [1.82, 2.24) is 10.6 Å². The van der Waals surface area contributed by atoms with Crippen LogP contribution in [-0.2, 0) is 9.59 Å². The zero-order valence-corrected chi connectivity index (χ0v) is 10.7. The minimum Gasteiger partial charge on any atom is -0.480 e. The number of nitrogens with one attached hydrogen (secondary N) is 2. The van der Waals surface area contributed by atoms with E-state index in [1.807, 2.05) is 0 Å². The monoisotopic (exact) mass is 254 g/mol. The first-order valence-corrected chi connectivity index (χ1v) is 6.89. The smallest absolute Gasteiger partial charge is 0.326 e. The quantitative estimate of drug-likeness (QED) is 0.676. The normalized spacial score (nSPS) is 23.1. The molecule has 3 N–H and O–H groups in total. The van der Waals surface area contributed by atoms with Gasteiger partial charge >= 0.3 is 5.97 Å². The van der Waals surface area contributed by atoms with E-state index < -0.39 is 12.0 Å². The third-order valence-electron chi connectivity index (χ3n) is 4.04. The first-order valence-electron chi connectivity index (χ1n) is 6.89. The number of carbonyl (C=O) groups is 2. The van der Waals surface area contributed by atoms with Gasteiger partial charge < -0.3 is 15.7 Å². The average Bonchev–Trinajstić information content (AvgIpc) is 2.31. The van der Waals surface area contributed by atoms with Crippen LogP contribution >= 0.6 is 0 Å². The Hall–Kier alpha value is -1.10. The molecule has 2 fully saturated rings. The van der Waals surface area contributed by atoms with E-state index in [9.17, 15) is 14.7 Å². The van der Waals surface area contributed by atoms with Crippen LogP contribution in [0.25, 0.3) is 0 Å². The minimum atomic E-state index is -0.887. The van der Waals surface area contributed by atoms with Crippen LogP contribution in [0.3, 0.4) is 0 Å². The van der Waals surface area contributed by atoms with Gasteiger partial charge in [0.1, 0.15) is 6.04 Å². The van der Waals surface area contributed by atoms with E-state index in [2.05, 4.69) is 10.6 Å². The van der Waals surface area contributed by atoms with Gasteiger partial charge in [0, 0.05) is 6.42 Å². The van der Waals surface area contributed by atoms with Crippen molar-refractivity contribution in [2.75, 3.05) is 13.1 Å². The Labute approximate surface area is 107 Å². The maximum absolute atomic E-state index is 11.8. The zero-order valence-electron chi connectivity index (χ0n) is 10.7. The summed E-state index contributed by atoms with van der Waals surface area (Å²) in [6.07, 6.45) is 5.63. The summed E-state index contributed by atoms with van der Waals surface area (Å²) < 4.78 is 0. The van der Waals surface area contributed by atoms with Gasteiger partial charge in [-0.3, -0.25) is 4.79 Å². The average molecular weight is 254 g/mol. The number of amides is 1. The summed E-state index contributed by atoms with van der Waals surface area (Å²) in [5, 5.41) is 15.1. The molecule has 5 heteroatoms. The molecule has 0 spiro atoms. The molecule has 1 aliphatic carbocycles. The summed E-state index contributed by atoms with van der Waals surface area (Å²) in [6, 6.07) is -0.689. The van der Waals surface area contributed by atoms with Gasteiger partial charge in [0.15, 0.2) is 0 Å². The molecular formula is C13H22N2O3. The summed E-state index contributed by atoms with van der Waals surface area (Å²) in [6.45, 7) is 1.74. The van der Waals surface area contributed by atoms with Gasteiger partial charge in [0.2, 0.25) is 5.91 Å². The summed E-state index contributed by atoms with van der Waals surface area (Å²) in [7, 11) is 0. The Kier molecular flexibility index (Phi) is 4.58. The van der Waals surface area contributed by atoms with Crippen LogP contribution in [-0.4, -0.2) is 36.1 Å². The van der Waals surface area contributed by atoms with Crippen molar-refractivity contribution in [3.05, 3.63) is 0 Å². The third kappa shape index (κ3) is 3.45. The Balaban J connectivity index is 1.84. The second kappa shape index (κ2) is 6.18. The number of carbonyl (C=O) groups excluding carboxylic acids is 1. The molecule has 0 aromatic rings. The highest BCUT2D eigenvalue weighted by Crippen LogP contribution is 2.26. The highest BCUT2D eigenvalue weighted by Gasteiger charge is 2.31. The molecule has 1 aliphatic heterocycles. The fraction of sp³-hybridized carbons (Fsp3) is 0.846. The molecule has 1 heterocycles. The molecule has 0 bridgehead atoms. The lowest BCUT2D eigenvalue weighted by molar-refractivity contribution is -0.144. The van der Waals surface area contributed by atoms with Gasteiger partial charge in [0.25, 0.3) is 0 Å². The Morgan fingerprint density at radius 2 is 1.89 bits per heavy atom. The van der Waals surface area contributed by atoms with Crippen LogP contribution in [0.5, 0.6) is 0 Å². The molecule has 1 saturated carbocycles. The van der Waals surface area contributed by atoms with E-state index in [1.54, 1.807) is 0 Å². The summed E-state index contributed by atoms with van der Waals surface area (Å²) in [4.78, 5) is 23.1. The van der Waals surface area contributed by atoms with Crippen molar-refractivity contribution in [3.8, 4) is 0 Å². The largest absolute Gasteiger partial charge is 0.480 e. The van der Waals surface area contributed by atoms with E-state index in [-0.39, 0.29) is 11.8 Å². The van der Waals surface area contributed by atoms with Gasteiger partial charge in [0.05, 0.1) is 0 Å². The van der Waals surface area contributed by atoms with Crippen molar-refractivity contribution in [2.45, 2.75) is 44.6 Å². The van der Waals surface area contributed by atoms with Gasteiger partial charge in [-0.1, -0.05) is 19.3 Å². The van der Waals surface area contributed by atoms with Gasteiger partial charge in [-0.05, 0) is 37.8 Å². The predicted octanol–water partition coefficient (Wildman–Crippen LogP) is 0.746. The van der Waals surface area contributed by atoms with E-state index >= 15 is 0 Å². The first kappa shape index (κ1) is 13.3. The van der Waals surface area contributed by atoms with Crippen LogP contribution < -0.4 is 10.6 Å². The van der Waals surface area contributed by atoms with Crippen LogP contribution in [0, 0.1) is 11.8 Å². The highest BCUT2D eigenvalue weighted by molar-refractivity contribution is 5.83. The predicted molar refractivity (Wildman–Crippen MR) is 67.1 cm³/mol. The zero-order chi connectivity index (χ0) is 13.0. The lowest BCUT2D eigenvalue weighted by Crippen LogP contribution is -2.49. The first-order chi connectivity index (χ1) is 8.66. The summed E-state index contributed by atoms with van der Waals surface area (Å²) >= 11 is 0. The molecule has 2 rings (SSSR count). The lowest BCUT2D eigenvalue weighted by atomic mass is 9.83. The molecule has 5 nitrogen and oxygen atoms in total. The Morgan fingerprint density at radius 3 is 2.39 bits per heavy atom. The second-order valence-corrected chi connectivity index (χ2v) is 5.51. The maximum atomic E-state index is 11.8. The van der Waals surface area contributed by atoms with E-state index in [0.717, 1.165) is 38.8 Å². The Morgan fingerprint density at radius 1 is 1.22 bits per heavy atom. The van der Waals surface area contributed by atoms with Crippen molar-refractivity contribution in [3.63, 3.8) is 0 Å². The SMILES string of the molecule is O=C(CC1CNC1)NC(C(=O)O)C1CCCCC1. The molecule has 0 aromatic heterocycles. The van der Waals surface area contributed by atoms with Crippen molar-refractivity contribution < 1.29 is 14.7 Å². The molecule has 18 heavy (non-hydrogen) atoms. The number of hydrogen-bond donors (Lipinski definition) is 3. The number of hydrogen-bond acceptors (Lipinski definition) is 3. The summed E-state index contributed by atoms with van der Waals surface area (Å²) in [5.74, 6) is -0.507. The maximum Gasteiger partial charge on any atom is 0.326 e. The van der Waals surface area contributed by atoms with E-state index in [0.29, 0.717) is 12.3 Å². The molecule has 1 amide bonds. The molecule has 0 radical (unpaired) electrons. The van der Waals surface area contributed by atoms with Crippen LogP contribution in [0.1, 0.15) is 38.5 Å². The summed E-state index contributed by atoms with van der Waals surface area (Å²) in [5.41, 5.74) is 0. The highest BCUT2D eigenvalue weighted by atomic mass is 16.4. The number of aliphatic carboxylic acids is 1. The molecule has 1 saturated heterocycles. The number of carboxylic acid groups (broad SMARTS) is 1. The van der Waals surface area contributed by atoms with Crippen LogP contribution in [0.2, 0.25) is 0 Å². The number of rotatable bonds is 5. The lowest BCUT2D eigenvalue weighted by Gasteiger charge is -2.30. The standard InChI is InChI=1S/C13H22N2O3/c16-11(6-9-7-14-8-9)15-12(13(17)18)10-4-2-1-3-5-10/h9-10,12,14H,1-8H2,(H,15,16)(H,17,18). The van der Waals surface area contributed by atoms with Crippen LogP contribution in [0.4, 0.5) is 0 Å². The van der Waals surface area contributed by atoms with Crippen molar-refractivity contribution in [1.29, 1.82) is 0 Å². The second-order valence-electron chi connectivity index (χ2n) is 5.51. The molecule has 0 aromatic carbocycles. The number of carboxylic acids is 1. The van der Waals surface area contributed by atoms with E-state index in [4.69, 9.17) is 0 Å². The molecule has 1 atom stereocenters. The van der Waals surface area contributed by atoms with Gasteiger partial charge in [-0.2, -0.15) is 0 Å². The van der Waals surface area contributed by atoms with E-state index in [1.165, 1.54) is 6.42 Å². The molecule has 2 aliphatic rings. The minimum absolute atomic E-state index is 0.111. The fourth-order valence-electron chi connectivity index (χ4n) is 2.84. The Bertz CT molecular complexity index is 309. The van der Waals surface area contributed by atoms with Crippen LogP contribution in [0.15, 0.2) is 0 Å². The molecular weight excluding hydrogens is 232 g/mol. The van der Waals surface area contributed by atoms with Gasteiger partial charge in [-0.15, -0.1) is 0 Å². The molecule has 1 unspecified atom stereocenters. The third-order valence-corrected chi connectivity index (χ3v) is 4.04. The topological polar surface area (TPSA) is 78.4 Å². The van der Waals surface area contributed by atoms with Crippen molar-refractivity contribution in [2.24, 2.45) is 11.8 Å². The molecule has 102 valence electrons. The fourth-order valence-corrected chi connectivity index (χ4v) is 2.84. The van der Waals surface area contributed by atoms with Crippen molar-refractivity contribution >= 4 is 11.9 Å².